The van der Waals surface area contributed by atoms with E-state index in [1.54, 1.807) is 19.0 Å². The van der Waals surface area contributed by atoms with E-state index in [4.69, 9.17) is 0 Å². The molecule has 0 bridgehead atoms. The Morgan fingerprint density at radius 3 is 3.12 bits per heavy atom. The second-order valence-corrected chi connectivity index (χ2v) is 7.57. The highest BCUT2D eigenvalue weighted by Crippen LogP contribution is 2.36. The highest BCUT2D eigenvalue weighted by molar-refractivity contribution is 14.1. The number of carbonyl (C=O) groups is 1. The molecule has 17 heavy (non-hydrogen) atoms. The summed E-state index contributed by atoms with van der Waals surface area (Å²) in [5.41, 5.74) is 1.41. The van der Waals surface area contributed by atoms with E-state index in [9.17, 15) is 4.79 Å². The fourth-order valence-electron chi connectivity index (χ4n) is 2.10. The van der Waals surface area contributed by atoms with Crippen LogP contribution >= 0.6 is 33.9 Å². The van der Waals surface area contributed by atoms with Gasteiger partial charge in [-0.3, -0.25) is 4.79 Å². The Kier molecular flexibility index (Phi) is 4.43. The first-order valence-electron chi connectivity index (χ1n) is 5.79. The van der Waals surface area contributed by atoms with Gasteiger partial charge < -0.3 is 10.2 Å². The number of nitrogens with zero attached hydrogens (tertiary/aromatic N) is 1. The number of carbonyl (C=O) groups excluding carboxylic acids is 1. The number of thiophene rings is 1. The van der Waals surface area contributed by atoms with Gasteiger partial charge in [0.2, 0.25) is 5.91 Å². The Bertz CT molecular complexity index is 417. The lowest BCUT2D eigenvalue weighted by Gasteiger charge is -2.24. The molecule has 0 saturated heterocycles. The van der Waals surface area contributed by atoms with Crippen LogP contribution in [0.15, 0.2) is 6.07 Å². The van der Waals surface area contributed by atoms with Crippen molar-refractivity contribution in [2.45, 2.75) is 25.3 Å². The van der Waals surface area contributed by atoms with Gasteiger partial charge in [0, 0.05) is 25.0 Å². The van der Waals surface area contributed by atoms with Gasteiger partial charge in [-0.1, -0.05) is 0 Å². The topological polar surface area (TPSA) is 32.3 Å². The van der Waals surface area contributed by atoms with Gasteiger partial charge in [0.1, 0.15) is 0 Å². The number of halogens is 1. The van der Waals surface area contributed by atoms with E-state index < -0.39 is 0 Å². The third-order valence-electron chi connectivity index (χ3n) is 3.08. The molecule has 0 saturated carbocycles. The molecule has 1 N–H and O–H groups in total. The van der Waals surface area contributed by atoms with Crippen molar-refractivity contribution in [2.24, 2.45) is 0 Å². The fraction of sp³-hybridized carbons (Fsp3) is 0.583. The van der Waals surface area contributed by atoms with Crippen LogP contribution in [0.5, 0.6) is 0 Å². The Labute approximate surface area is 120 Å². The van der Waals surface area contributed by atoms with Crippen molar-refractivity contribution in [3.8, 4) is 0 Å². The fourth-order valence-corrected chi connectivity index (χ4v) is 4.22. The molecule has 3 nitrogen and oxygen atoms in total. The molecule has 5 heteroatoms. The first-order chi connectivity index (χ1) is 8.08. The molecule has 1 aliphatic rings. The van der Waals surface area contributed by atoms with Gasteiger partial charge in [-0.2, -0.15) is 0 Å². The SMILES string of the molecule is CN(C)C(=O)CNC1CCCc2sc(I)cc21. The average Bonchev–Trinajstić information content (AvgIpc) is 2.66. The van der Waals surface area contributed by atoms with Crippen LogP contribution in [0.2, 0.25) is 0 Å². The summed E-state index contributed by atoms with van der Waals surface area (Å²) < 4.78 is 1.35. The normalized spacial score (nSPS) is 18.9. The van der Waals surface area contributed by atoms with Crippen molar-refractivity contribution >= 4 is 39.8 Å². The summed E-state index contributed by atoms with van der Waals surface area (Å²) in [6, 6.07) is 2.62. The van der Waals surface area contributed by atoms with Gasteiger partial charge in [-0.25, -0.2) is 0 Å². The van der Waals surface area contributed by atoms with Crippen LogP contribution in [0.4, 0.5) is 0 Å². The van der Waals surface area contributed by atoms with Gasteiger partial charge in [0.05, 0.1) is 9.43 Å². The molecule has 0 aliphatic heterocycles. The largest absolute Gasteiger partial charge is 0.348 e. The molecule has 0 aromatic carbocycles. The van der Waals surface area contributed by atoms with Crippen LogP contribution in [-0.4, -0.2) is 31.4 Å². The third-order valence-corrected chi connectivity index (χ3v) is 5.05. The maximum absolute atomic E-state index is 11.6. The Morgan fingerprint density at radius 1 is 1.65 bits per heavy atom. The first kappa shape index (κ1) is 13.3. The average molecular weight is 364 g/mol. The van der Waals surface area contributed by atoms with E-state index in [1.807, 2.05) is 11.3 Å². The third kappa shape index (κ3) is 3.20. The van der Waals surface area contributed by atoms with Crippen LogP contribution in [0.25, 0.3) is 0 Å². The van der Waals surface area contributed by atoms with Gasteiger partial charge in [0.25, 0.3) is 0 Å². The highest BCUT2D eigenvalue weighted by atomic mass is 127. The lowest BCUT2D eigenvalue weighted by Crippen LogP contribution is -2.35. The Balaban J connectivity index is 2.01. The molecule has 0 spiro atoms. The zero-order chi connectivity index (χ0) is 12.4. The minimum Gasteiger partial charge on any atom is -0.348 e. The van der Waals surface area contributed by atoms with Crippen molar-refractivity contribution in [3.05, 3.63) is 19.4 Å². The van der Waals surface area contributed by atoms with E-state index >= 15 is 0 Å². The van der Waals surface area contributed by atoms with Crippen molar-refractivity contribution in [1.29, 1.82) is 0 Å². The lowest BCUT2D eigenvalue weighted by molar-refractivity contribution is -0.127. The smallest absolute Gasteiger partial charge is 0.236 e. The molecule has 0 radical (unpaired) electrons. The molecule has 1 aromatic heterocycles. The predicted octanol–water partition coefficient (Wildman–Crippen LogP) is 2.41. The quantitative estimate of drug-likeness (QED) is 0.836. The van der Waals surface area contributed by atoms with E-state index in [0.29, 0.717) is 12.6 Å². The zero-order valence-corrected chi connectivity index (χ0v) is 13.1. The van der Waals surface area contributed by atoms with E-state index in [-0.39, 0.29) is 5.91 Å². The van der Waals surface area contributed by atoms with Crippen molar-refractivity contribution in [1.82, 2.24) is 10.2 Å². The monoisotopic (exact) mass is 364 g/mol. The number of hydrogen-bond donors (Lipinski definition) is 1. The second-order valence-electron chi connectivity index (χ2n) is 4.54. The molecular weight excluding hydrogens is 347 g/mol. The molecule has 1 unspecified atom stereocenters. The van der Waals surface area contributed by atoms with Crippen molar-refractivity contribution in [2.75, 3.05) is 20.6 Å². The van der Waals surface area contributed by atoms with Crippen LogP contribution in [-0.2, 0) is 11.2 Å². The number of hydrogen-bond acceptors (Lipinski definition) is 3. The van der Waals surface area contributed by atoms with Crippen LogP contribution in [0, 0.1) is 2.88 Å². The molecule has 1 aromatic rings. The molecule has 1 atom stereocenters. The Morgan fingerprint density at radius 2 is 2.41 bits per heavy atom. The minimum atomic E-state index is 0.141. The lowest BCUT2D eigenvalue weighted by atomic mass is 9.94. The molecule has 1 aliphatic carbocycles. The Hall–Kier alpha value is -0.140. The van der Waals surface area contributed by atoms with Crippen LogP contribution in [0.3, 0.4) is 0 Å². The summed E-state index contributed by atoms with van der Waals surface area (Å²) in [4.78, 5) is 14.7. The molecule has 0 fully saturated rings. The second kappa shape index (κ2) is 5.67. The molecule has 2 rings (SSSR count). The van der Waals surface area contributed by atoms with Crippen LogP contribution < -0.4 is 5.32 Å². The highest BCUT2D eigenvalue weighted by Gasteiger charge is 2.22. The maximum atomic E-state index is 11.6. The number of likely N-dealkylation sites (N-methyl/N-ethyl adjacent to an activating group) is 1. The molecule has 94 valence electrons. The summed E-state index contributed by atoms with van der Waals surface area (Å²) in [5.74, 6) is 0.141. The van der Waals surface area contributed by atoms with Crippen LogP contribution in [0.1, 0.15) is 29.3 Å². The maximum Gasteiger partial charge on any atom is 0.236 e. The summed E-state index contributed by atoms with van der Waals surface area (Å²) in [7, 11) is 3.59. The molecule has 1 heterocycles. The number of rotatable bonds is 3. The van der Waals surface area contributed by atoms with Gasteiger partial charge >= 0.3 is 0 Å². The molecular formula is C12H17IN2OS. The van der Waals surface area contributed by atoms with Crippen molar-refractivity contribution < 1.29 is 4.79 Å². The van der Waals surface area contributed by atoms with E-state index in [0.717, 1.165) is 6.42 Å². The number of aryl methyl sites for hydroxylation is 1. The standard InChI is InChI=1S/C12H17IN2OS/c1-15(2)12(16)7-14-9-4-3-5-10-8(9)6-11(13)17-10/h6,9,14H,3-5,7H2,1-2H3. The van der Waals surface area contributed by atoms with Crippen molar-refractivity contribution in [3.63, 3.8) is 0 Å². The number of amides is 1. The van der Waals surface area contributed by atoms with E-state index in [1.165, 1.54) is 26.2 Å². The molecule has 1 amide bonds. The summed E-state index contributed by atoms with van der Waals surface area (Å²) in [5, 5.41) is 3.38. The minimum absolute atomic E-state index is 0.141. The summed E-state index contributed by atoms with van der Waals surface area (Å²) in [6.45, 7) is 0.434. The summed E-state index contributed by atoms with van der Waals surface area (Å²) >= 11 is 4.26. The first-order valence-corrected chi connectivity index (χ1v) is 7.69. The van der Waals surface area contributed by atoms with Gasteiger partial charge in [-0.05, 0) is 53.5 Å². The van der Waals surface area contributed by atoms with E-state index in [2.05, 4.69) is 34.0 Å². The van der Waals surface area contributed by atoms with Gasteiger partial charge in [0.15, 0.2) is 0 Å². The zero-order valence-electron chi connectivity index (χ0n) is 10.1. The predicted molar refractivity (Wildman–Crippen MR) is 79.4 cm³/mol. The summed E-state index contributed by atoms with van der Waals surface area (Å²) in [6.07, 6.45) is 3.56. The van der Waals surface area contributed by atoms with Gasteiger partial charge in [-0.15, -0.1) is 11.3 Å². The number of nitrogens with one attached hydrogen (secondary N) is 1. The number of fused-ring (bicyclic) bond motifs is 1.